The number of ether oxygens (including phenoxy) is 4. The highest BCUT2D eigenvalue weighted by molar-refractivity contribution is 5.99. The number of aryl methyl sites for hydroxylation is 1. The van der Waals surface area contributed by atoms with Crippen molar-refractivity contribution in [2.24, 2.45) is 0 Å². The summed E-state index contributed by atoms with van der Waals surface area (Å²) in [6.07, 6.45) is 1.57. The second kappa shape index (κ2) is 12.7. The number of fused-ring (bicyclic) bond motifs is 1. The van der Waals surface area contributed by atoms with E-state index in [2.05, 4.69) is 5.32 Å². The van der Waals surface area contributed by atoms with Gasteiger partial charge in [0.05, 0.1) is 18.9 Å². The van der Waals surface area contributed by atoms with E-state index < -0.39 is 0 Å². The predicted molar refractivity (Wildman–Crippen MR) is 142 cm³/mol. The molecule has 0 saturated carbocycles. The minimum atomic E-state index is -0.309. The van der Waals surface area contributed by atoms with Crippen LogP contribution in [0.1, 0.15) is 25.3 Å². The Morgan fingerprint density at radius 2 is 1.73 bits per heavy atom. The zero-order valence-corrected chi connectivity index (χ0v) is 21.2. The maximum absolute atomic E-state index is 12.6. The molecule has 0 spiro atoms. The summed E-state index contributed by atoms with van der Waals surface area (Å²) in [5.74, 6) is 2.38. The number of carbonyl (C=O) groups excluding carboxylic acids is 2. The Labute approximate surface area is 217 Å². The Hall–Kier alpha value is -4.20. The van der Waals surface area contributed by atoms with E-state index in [1.165, 1.54) is 0 Å². The molecule has 194 valence electrons. The number of benzene rings is 3. The monoisotopic (exact) mass is 504 g/mol. The first kappa shape index (κ1) is 25.9. The van der Waals surface area contributed by atoms with Crippen molar-refractivity contribution in [2.45, 2.75) is 26.7 Å². The smallest absolute Gasteiger partial charge is 0.265 e. The summed E-state index contributed by atoms with van der Waals surface area (Å²) in [6.45, 7) is 5.46. The molecule has 1 aliphatic rings. The molecule has 0 bridgehead atoms. The fourth-order valence-corrected chi connectivity index (χ4v) is 3.94. The van der Waals surface area contributed by atoms with Crippen LogP contribution < -0.4 is 29.2 Å². The van der Waals surface area contributed by atoms with Gasteiger partial charge in [-0.1, -0.05) is 18.2 Å². The van der Waals surface area contributed by atoms with E-state index in [4.69, 9.17) is 18.9 Å². The number of rotatable bonds is 12. The molecule has 3 aromatic rings. The van der Waals surface area contributed by atoms with Crippen molar-refractivity contribution in [3.05, 3.63) is 72.3 Å². The topological polar surface area (TPSA) is 86.3 Å². The second-order valence-electron chi connectivity index (χ2n) is 8.58. The van der Waals surface area contributed by atoms with Crippen molar-refractivity contribution in [1.82, 2.24) is 0 Å². The first-order chi connectivity index (χ1) is 18.0. The minimum absolute atomic E-state index is 0.00561. The molecule has 1 aliphatic heterocycles. The third-order valence-electron chi connectivity index (χ3n) is 5.82. The van der Waals surface area contributed by atoms with E-state index in [-0.39, 0.29) is 25.0 Å². The number of nitrogens with zero attached hydrogens (tertiary/aromatic N) is 1. The van der Waals surface area contributed by atoms with Crippen molar-refractivity contribution < 1.29 is 28.5 Å². The Balaban J connectivity index is 1.29. The van der Waals surface area contributed by atoms with E-state index in [0.717, 1.165) is 29.9 Å². The number of amides is 2. The maximum Gasteiger partial charge on any atom is 0.265 e. The molecule has 2 amide bonds. The van der Waals surface area contributed by atoms with Gasteiger partial charge in [0.2, 0.25) is 0 Å². The van der Waals surface area contributed by atoms with Crippen molar-refractivity contribution in [3.63, 3.8) is 0 Å². The summed E-state index contributed by atoms with van der Waals surface area (Å²) >= 11 is 0. The SMILES string of the molecule is CCOc1ccc(OCC(=O)Nc2ccc3c(c2)N(CCCCOc2ccccc2C)C(=O)CO3)cc1. The second-order valence-corrected chi connectivity index (χ2v) is 8.58. The molecule has 0 atom stereocenters. The van der Waals surface area contributed by atoms with Crippen LogP contribution in [0.25, 0.3) is 0 Å². The number of hydrogen-bond acceptors (Lipinski definition) is 6. The molecule has 1 heterocycles. The number of carbonyl (C=O) groups is 2. The maximum atomic E-state index is 12.6. The van der Waals surface area contributed by atoms with Gasteiger partial charge in [-0.25, -0.2) is 0 Å². The molecule has 8 nitrogen and oxygen atoms in total. The number of unbranched alkanes of at least 4 members (excludes halogenated alkanes) is 1. The largest absolute Gasteiger partial charge is 0.494 e. The van der Waals surface area contributed by atoms with Gasteiger partial charge >= 0.3 is 0 Å². The predicted octanol–water partition coefficient (Wildman–Crippen LogP) is 5.00. The quantitative estimate of drug-likeness (QED) is 0.350. The van der Waals surface area contributed by atoms with Gasteiger partial charge in [0.1, 0.15) is 23.0 Å². The molecule has 0 aliphatic carbocycles. The standard InChI is InChI=1S/C29H32N2O6/c1-3-34-23-11-13-24(14-12-23)36-19-28(32)30-22-10-15-27-25(18-22)31(29(33)20-37-27)16-6-7-17-35-26-9-5-4-8-21(26)2/h4-5,8-15,18H,3,6-7,16-17,19-20H2,1-2H3,(H,30,32). The van der Waals surface area contributed by atoms with Crippen molar-refractivity contribution in [2.75, 3.05) is 43.2 Å². The van der Waals surface area contributed by atoms with Gasteiger partial charge in [0, 0.05) is 12.2 Å². The lowest BCUT2D eigenvalue weighted by Crippen LogP contribution is -2.39. The minimum Gasteiger partial charge on any atom is -0.494 e. The van der Waals surface area contributed by atoms with Crippen molar-refractivity contribution >= 4 is 23.2 Å². The molecule has 0 unspecified atom stereocenters. The molecule has 0 radical (unpaired) electrons. The third-order valence-corrected chi connectivity index (χ3v) is 5.82. The van der Waals surface area contributed by atoms with Gasteiger partial charge in [-0.05, 0) is 80.8 Å². The number of para-hydroxylation sites is 1. The lowest BCUT2D eigenvalue weighted by Gasteiger charge is -2.30. The molecule has 8 heteroatoms. The van der Waals surface area contributed by atoms with E-state index in [1.807, 2.05) is 38.1 Å². The molecule has 4 rings (SSSR count). The third kappa shape index (κ3) is 7.16. The molecular weight excluding hydrogens is 472 g/mol. The number of hydrogen-bond donors (Lipinski definition) is 1. The molecule has 37 heavy (non-hydrogen) atoms. The van der Waals surface area contributed by atoms with Gasteiger partial charge in [-0.15, -0.1) is 0 Å². The molecular formula is C29H32N2O6. The van der Waals surface area contributed by atoms with E-state index in [9.17, 15) is 9.59 Å². The molecule has 0 aromatic heterocycles. The van der Waals surface area contributed by atoms with Gasteiger partial charge in [0.15, 0.2) is 13.2 Å². The van der Waals surface area contributed by atoms with Crippen LogP contribution in [0, 0.1) is 6.92 Å². The summed E-state index contributed by atoms with van der Waals surface area (Å²) in [5, 5.41) is 2.83. The fraction of sp³-hybridized carbons (Fsp3) is 0.310. The number of anilines is 2. The van der Waals surface area contributed by atoms with Crippen LogP contribution in [0.3, 0.4) is 0 Å². The van der Waals surface area contributed by atoms with Crippen LogP contribution >= 0.6 is 0 Å². The summed E-state index contributed by atoms with van der Waals surface area (Å²) in [6, 6.07) is 20.3. The summed E-state index contributed by atoms with van der Waals surface area (Å²) in [5.41, 5.74) is 2.30. The van der Waals surface area contributed by atoms with Gasteiger partial charge < -0.3 is 29.2 Å². The van der Waals surface area contributed by atoms with Crippen LogP contribution in [0.15, 0.2) is 66.7 Å². The Morgan fingerprint density at radius 3 is 2.49 bits per heavy atom. The summed E-state index contributed by atoms with van der Waals surface area (Å²) in [4.78, 5) is 26.8. The number of nitrogens with one attached hydrogen (secondary N) is 1. The summed E-state index contributed by atoms with van der Waals surface area (Å²) in [7, 11) is 0. The first-order valence-corrected chi connectivity index (χ1v) is 12.4. The molecule has 3 aromatic carbocycles. The highest BCUT2D eigenvalue weighted by Crippen LogP contribution is 2.35. The first-order valence-electron chi connectivity index (χ1n) is 12.4. The van der Waals surface area contributed by atoms with Crippen molar-refractivity contribution in [1.29, 1.82) is 0 Å². The van der Waals surface area contributed by atoms with E-state index >= 15 is 0 Å². The van der Waals surface area contributed by atoms with Crippen LogP contribution in [0.4, 0.5) is 11.4 Å². The van der Waals surface area contributed by atoms with Gasteiger partial charge in [-0.3, -0.25) is 9.59 Å². The lowest BCUT2D eigenvalue weighted by molar-refractivity contribution is -0.121. The lowest BCUT2D eigenvalue weighted by atomic mass is 10.2. The van der Waals surface area contributed by atoms with Crippen LogP contribution in [-0.2, 0) is 9.59 Å². The zero-order chi connectivity index (χ0) is 26.0. The van der Waals surface area contributed by atoms with Gasteiger partial charge in [0.25, 0.3) is 11.8 Å². The van der Waals surface area contributed by atoms with E-state index in [1.54, 1.807) is 47.4 Å². The van der Waals surface area contributed by atoms with Crippen LogP contribution in [0.5, 0.6) is 23.0 Å². The fourth-order valence-electron chi connectivity index (χ4n) is 3.94. The molecule has 0 saturated heterocycles. The molecule has 0 fully saturated rings. The average molecular weight is 505 g/mol. The Bertz CT molecular complexity index is 1210. The zero-order valence-electron chi connectivity index (χ0n) is 21.2. The Kier molecular flexibility index (Phi) is 8.86. The summed E-state index contributed by atoms with van der Waals surface area (Å²) < 4.78 is 22.4. The van der Waals surface area contributed by atoms with E-state index in [0.29, 0.717) is 42.6 Å². The van der Waals surface area contributed by atoms with Gasteiger partial charge in [-0.2, -0.15) is 0 Å². The molecule has 1 N–H and O–H groups in total. The average Bonchev–Trinajstić information content (AvgIpc) is 2.90. The highest BCUT2D eigenvalue weighted by Gasteiger charge is 2.25. The van der Waals surface area contributed by atoms with Crippen molar-refractivity contribution in [3.8, 4) is 23.0 Å². The normalized spacial score (nSPS) is 12.4. The van der Waals surface area contributed by atoms with Crippen LogP contribution in [0.2, 0.25) is 0 Å². The Morgan fingerprint density at radius 1 is 0.973 bits per heavy atom. The highest BCUT2D eigenvalue weighted by atomic mass is 16.5. The van der Waals surface area contributed by atoms with Crippen LogP contribution in [-0.4, -0.2) is 44.8 Å².